The molecule has 1 aromatic heterocycles. The summed E-state index contributed by atoms with van der Waals surface area (Å²) in [5.41, 5.74) is 1.18. The monoisotopic (exact) mass is 283 g/mol. The average molecular weight is 283 g/mol. The maximum absolute atomic E-state index is 4.32. The molecule has 0 atom stereocenters. The highest BCUT2D eigenvalue weighted by atomic mass is 32.2. The summed E-state index contributed by atoms with van der Waals surface area (Å²) in [6.45, 7) is 6.13. The van der Waals surface area contributed by atoms with E-state index in [9.17, 15) is 0 Å². The van der Waals surface area contributed by atoms with E-state index in [4.69, 9.17) is 0 Å². The van der Waals surface area contributed by atoms with Crippen molar-refractivity contribution in [3.8, 4) is 0 Å². The zero-order chi connectivity index (χ0) is 14.5. The molecule has 0 aromatic carbocycles. The molecular weight excluding hydrogens is 258 g/mol. The lowest BCUT2D eigenvalue weighted by Crippen LogP contribution is -2.43. The highest BCUT2D eigenvalue weighted by molar-refractivity contribution is 7.99. The molecule has 0 saturated carbocycles. The van der Waals surface area contributed by atoms with E-state index < -0.39 is 0 Å². The van der Waals surface area contributed by atoms with Gasteiger partial charge in [-0.15, -0.1) is 0 Å². The van der Waals surface area contributed by atoms with Gasteiger partial charge in [0.1, 0.15) is 0 Å². The molecule has 0 aliphatic rings. The largest absolute Gasteiger partial charge is 0.355 e. The van der Waals surface area contributed by atoms with Crippen LogP contribution in [0.2, 0.25) is 0 Å². The molecule has 0 amide bonds. The summed E-state index contributed by atoms with van der Waals surface area (Å²) in [6.07, 6.45) is 6.04. The smallest absolute Gasteiger partial charge is 0.193 e. The van der Waals surface area contributed by atoms with E-state index in [2.05, 4.69) is 40.4 Å². The van der Waals surface area contributed by atoms with Gasteiger partial charge in [0.25, 0.3) is 0 Å². The molecule has 0 aliphatic heterocycles. The second kappa shape index (κ2) is 6.84. The van der Waals surface area contributed by atoms with Crippen molar-refractivity contribution in [2.75, 3.05) is 26.9 Å². The summed E-state index contributed by atoms with van der Waals surface area (Å²) in [7, 11) is 5.78. The van der Waals surface area contributed by atoms with Crippen molar-refractivity contribution in [2.24, 2.45) is 12.0 Å². The van der Waals surface area contributed by atoms with E-state index in [-0.39, 0.29) is 4.75 Å². The number of guanidine groups is 1. The van der Waals surface area contributed by atoms with E-state index in [0.717, 1.165) is 19.0 Å². The fourth-order valence-electron chi connectivity index (χ4n) is 1.65. The molecule has 1 aromatic rings. The third-order valence-corrected chi connectivity index (χ3v) is 4.23. The van der Waals surface area contributed by atoms with Gasteiger partial charge in [-0.1, -0.05) is 0 Å². The number of nitrogens with zero attached hydrogens (tertiary/aromatic N) is 4. The molecule has 5 nitrogen and oxygen atoms in total. The molecule has 0 aliphatic carbocycles. The average Bonchev–Trinajstić information content (AvgIpc) is 2.75. The van der Waals surface area contributed by atoms with E-state index in [0.29, 0.717) is 0 Å². The summed E-state index contributed by atoms with van der Waals surface area (Å²) in [4.78, 5) is 6.43. The molecule has 0 bridgehead atoms. The predicted octanol–water partition coefficient (Wildman–Crippen LogP) is 1.57. The Balaban J connectivity index is 2.55. The number of hydrogen-bond donors (Lipinski definition) is 1. The van der Waals surface area contributed by atoms with Crippen LogP contribution in [0.25, 0.3) is 0 Å². The summed E-state index contributed by atoms with van der Waals surface area (Å²) in [5, 5.41) is 7.60. The Bertz CT molecular complexity index is 424. The molecule has 0 radical (unpaired) electrons. The van der Waals surface area contributed by atoms with Crippen LogP contribution in [-0.4, -0.2) is 52.3 Å². The predicted molar refractivity (Wildman–Crippen MR) is 83.6 cm³/mol. The van der Waals surface area contributed by atoms with Gasteiger partial charge in [0.2, 0.25) is 0 Å². The van der Waals surface area contributed by atoms with Crippen molar-refractivity contribution >= 4 is 17.7 Å². The molecule has 6 heteroatoms. The van der Waals surface area contributed by atoms with Crippen LogP contribution in [-0.2, 0) is 13.6 Å². The third-order valence-electron chi connectivity index (χ3n) is 2.98. The molecule has 1 N–H and O–H groups in total. The second-order valence-electron chi connectivity index (χ2n) is 5.24. The summed E-state index contributed by atoms with van der Waals surface area (Å²) >= 11 is 1.85. The van der Waals surface area contributed by atoms with Crippen LogP contribution in [0.15, 0.2) is 17.4 Å². The van der Waals surface area contributed by atoms with Crippen molar-refractivity contribution in [2.45, 2.75) is 25.1 Å². The van der Waals surface area contributed by atoms with Crippen molar-refractivity contribution in [3.05, 3.63) is 18.0 Å². The van der Waals surface area contributed by atoms with Gasteiger partial charge in [0, 0.05) is 50.7 Å². The van der Waals surface area contributed by atoms with Crippen molar-refractivity contribution in [1.82, 2.24) is 20.0 Å². The molecule has 0 saturated heterocycles. The van der Waals surface area contributed by atoms with Crippen molar-refractivity contribution in [3.63, 3.8) is 0 Å². The lowest BCUT2D eigenvalue weighted by Gasteiger charge is -2.27. The Morgan fingerprint density at radius 3 is 2.74 bits per heavy atom. The number of nitrogens with one attached hydrogen (secondary N) is 1. The normalized spacial score (nSPS) is 12.6. The Morgan fingerprint density at radius 1 is 1.58 bits per heavy atom. The highest BCUT2D eigenvalue weighted by Crippen LogP contribution is 2.19. The minimum absolute atomic E-state index is 0.199. The minimum Gasteiger partial charge on any atom is -0.355 e. The molecule has 0 unspecified atom stereocenters. The third kappa shape index (κ3) is 5.14. The van der Waals surface area contributed by atoms with Crippen molar-refractivity contribution in [1.29, 1.82) is 0 Å². The number of aromatic nitrogens is 2. The first-order valence-corrected chi connectivity index (χ1v) is 7.55. The Labute approximate surface area is 120 Å². The van der Waals surface area contributed by atoms with E-state index in [1.54, 1.807) is 0 Å². The van der Waals surface area contributed by atoms with Crippen LogP contribution in [0.4, 0.5) is 0 Å². The number of aryl methyl sites for hydroxylation is 1. The number of hydrogen-bond acceptors (Lipinski definition) is 3. The molecule has 0 spiro atoms. The summed E-state index contributed by atoms with van der Waals surface area (Å²) < 4.78 is 2.02. The lowest BCUT2D eigenvalue weighted by atomic mass is 10.2. The van der Waals surface area contributed by atoms with Gasteiger partial charge < -0.3 is 10.2 Å². The molecule has 1 heterocycles. The molecule has 0 fully saturated rings. The van der Waals surface area contributed by atoms with Crippen molar-refractivity contribution < 1.29 is 0 Å². The number of rotatable bonds is 5. The number of aliphatic imine (C=N–C) groups is 1. The van der Waals surface area contributed by atoms with E-state index in [1.165, 1.54) is 5.56 Å². The zero-order valence-electron chi connectivity index (χ0n) is 12.8. The fourth-order valence-corrected chi connectivity index (χ4v) is 1.87. The second-order valence-corrected chi connectivity index (χ2v) is 6.76. The van der Waals surface area contributed by atoms with Gasteiger partial charge in [-0.2, -0.15) is 16.9 Å². The van der Waals surface area contributed by atoms with Gasteiger partial charge in [0.15, 0.2) is 5.96 Å². The highest BCUT2D eigenvalue weighted by Gasteiger charge is 2.17. The van der Waals surface area contributed by atoms with Gasteiger partial charge >= 0.3 is 0 Å². The SMILES string of the molecule is CN=C(NCC(C)(C)SC)N(C)Cc1cnn(C)c1. The van der Waals surface area contributed by atoms with Gasteiger partial charge in [-0.3, -0.25) is 9.67 Å². The van der Waals surface area contributed by atoms with E-state index >= 15 is 0 Å². The first kappa shape index (κ1) is 15.9. The molecular formula is C13H25N5S. The van der Waals surface area contributed by atoms with Crippen LogP contribution in [0.5, 0.6) is 0 Å². The van der Waals surface area contributed by atoms with Crippen LogP contribution in [0.3, 0.4) is 0 Å². The first-order valence-electron chi connectivity index (χ1n) is 6.32. The molecule has 19 heavy (non-hydrogen) atoms. The Morgan fingerprint density at radius 2 is 2.26 bits per heavy atom. The standard InChI is InChI=1S/C13H25N5S/c1-13(2,19-6)10-15-12(14-3)17(4)8-11-7-16-18(5)9-11/h7,9H,8,10H2,1-6H3,(H,14,15). The van der Waals surface area contributed by atoms with Crippen LogP contribution in [0, 0.1) is 0 Å². The fraction of sp³-hybridized carbons (Fsp3) is 0.692. The van der Waals surface area contributed by atoms with Gasteiger partial charge in [-0.25, -0.2) is 0 Å². The molecule has 108 valence electrons. The van der Waals surface area contributed by atoms with Gasteiger partial charge in [0.05, 0.1) is 6.20 Å². The maximum atomic E-state index is 4.32. The molecule has 1 rings (SSSR count). The maximum Gasteiger partial charge on any atom is 0.193 e. The summed E-state index contributed by atoms with van der Waals surface area (Å²) in [6, 6.07) is 0. The van der Waals surface area contributed by atoms with Crippen LogP contribution in [0.1, 0.15) is 19.4 Å². The topological polar surface area (TPSA) is 45.5 Å². The summed E-state index contributed by atoms with van der Waals surface area (Å²) in [5.74, 6) is 0.908. The van der Waals surface area contributed by atoms with Crippen LogP contribution >= 0.6 is 11.8 Å². The van der Waals surface area contributed by atoms with Crippen LogP contribution < -0.4 is 5.32 Å². The Kier molecular flexibility index (Phi) is 5.72. The lowest BCUT2D eigenvalue weighted by molar-refractivity contribution is 0.471. The van der Waals surface area contributed by atoms with Gasteiger partial charge in [-0.05, 0) is 20.1 Å². The van der Waals surface area contributed by atoms with E-state index in [1.807, 2.05) is 50.0 Å². The minimum atomic E-state index is 0.199. The zero-order valence-corrected chi connectivity index (χ0v) is 13.6. The number of thioether (sulfide) groups is 1. The first-order chi connectivity index (χ1) is 8.88. The Hall–Kier alpha value is -1.17. The quantitative estimate of drug-likeness (QED) is 0.658.